The van der Waals surface area contributed by atoms with Crippen LogP contribution in [0.15, 0.2) is 58.5 Å². The van der Waals surface area contributed by atoms with E-state index in [1.54, 1.807) is 0 Å². The first-order chi connectivity index (χ1) is 16.7. The van der Waals surface area contributed by atoms with Gasteiger partial charge in [0.25, 0.3) is 0 Å². The number of hydrogen-bond acceptors (Lipinski definition) is 4. The predicted molar refractivity (Wildman–Crippen MR) is 152 cm³/mol. The SMILES string of the molecule is CCOC1=N[C@H](C(C)C)C(OCC)=N[C@H]1Cc1ccc([Si](C)(C)CCCc2ccc(C)cc2)cc1. The van der Waals surface area contributed by atoms with Gasteiger partial charge in [0.1, 0.15) is 12.1 Å². The van der Waals surface area contributed by atoms with E-state index in [4.69, 9.17) is 19.5 Å². The van der Waals surface area contributed by atoms with Crippen molar-refractivity contribution in [1.29, 1.82) is 0 Å². The Balaban J connectivity index is 1.66. The number of benzene rings is 2. The van der Waals surface area contributed by atoms with Crippen molar-refractivity contribution in [3.05, 3.63) is 65.2 Å². The molecular weight excluding hydrogens is 448 g/mol. The third kappa shape index (κ3) is 7.54. The van der Waals surface area contributed by atoms with E-state index in [0.29, 0.717) is 19.1 Å². The van der Waals surface area contributed by atoms with Crippen LogP contribution >= 0.6 is 0 Å². The van der Waals surface area contributed by atoms with Crippen LogP contribution in [-0.2, 0) is 22.3 Å². The second-order valence-corrected chi connectivity index (χ2v) is 15.5. The summed E-state index contributed by atoms with van der Waals surface area (Å²) in [6.45, 7) is 16.6. The summed E-state index contributed by atoms with van der Waals surface area (Å²) in [5, 5.41) is 1.52. The normalized spacial score (nSPS) is 18.3. The summed E-state index contributed by atoms with van der Waals surface area (Å²) in [6.07, 6.45) is 3.18. The van der Waals surface area contributed by atoms with Gasteiger partial charge in [0, 0.05) is 6.42 Å². The highest BCUT2D eigenvalue weighted by atomic mass is 28.3. The molecule has 190 valence electrons. The van der Waals surface area contributed by atoms with Crippen LogP contribution in [0.1, 0.15) is 50.8 Å². The number of hydrogen-bond donors (Lipinski definition) is 0. The molecule has 1 heterocycles. The van der Waals surface area contributed by atoms with Crippen molar-refractivity contribution in [1.82, 2.24) is 0 Å². The summed E-state index contributed by atoms with van der Waals surface area (Å²) in [6, 6.07) is 19.3. The fourth-order valence-corrected chi connectivity index (χ4v) is 7.05. The van der Waals surface area contributed by atoms with E-state index in [1.165, 1.54) is 34.3 Å². The highest BCUT2D eigenvalue weighted by Crippen LogP contribution is 2.21. The van der Waals surface area contributed by atoms with Crippen LogP contribution in [0.25, 0.3) is 0 Å². The van der Waals surface area contributed by atoms with Crippen LogP contribution in [-0.4, -0.2) is 45.2 Å². The third-order valence-electron chi connectivity index (χ3n) is 6.86. The molecule has 2 atom stereocenters. The van der Waals surface area contributed by atoms with E-state index in [0.717, 1.165) is 24.6 Å². The van der Waals surface area contributed by atoms with E-state index < -0.39 is 8.07 Å². The summed E-state index contributed by atoms with van der Waals surface area (Å²) in [4.78, 5) is 9.88. The van der Waals surface area contributed by atoms with Crippen molar-refractivity contribution in [2.45, 2.75) is 85.1 Å². The fraction of sp³-hybridized carbons (Fsp3) is 0.533. The first-order valence-electron chi connectivity index (χ1n) is 13.3. The molecule has 2 aromatic rings. The molecule has 5 heteroatoms. The quantitative estimate of drug-likeness (QED) is 0.362. The molecule has 0 spiro atoms. The number of ether oxygens (including phenoxy) is 2. The van der Waals surface area contributed by atoms with E-state index in [9.17, 15) is 0 Å². The van der Waals surface area contributed by atoms with Crippen LogP contribution in [0.2, 0.25) is 19.1 Å². The Hall–Kier alpha value is -2.40. The third-order valence-corrected chi connectivity index (χ3v) is 10.4. The van der Waals surface area contributed by atoms with Crippen LogP contribution in [0, 0.1) is 12.8 Å². The molecule has 0 bridgehead atoms. The Morgan fingerprint density at radius 2 is 1.43 bits per heavy atom. The van der Waals surface area contributed by atoms with Gasteiger partial charge in [-0.1, -0.05) is 98.7 Å². The summed E-state index contributed by atoms with van der Waals surface area (Å²) >= 11 is 0. The zero-order chi connectivity index (χ0) is 25.4. The lowest BCUT2D eigenvalue weighted by atomic mass is 10.0. The van der Waals surface area contributed by atoms with Gasteiger partial charge in [-0.15, -0.1) is 0 Å². The molecule has 1 aliphatic rings. The van der Waals surface area contributed by atoms with E-state index >= 15 is 0 Å². The Morgan fingerprint density at radius 3 is 2.03 bits per heavy atom. The maximum absolute atomic E-state index is 5.93. The standard InChI is InChI=1S/C30H44N2O2Si/c1-8-33-29-27(31-30(34-9-2)28(32-29)22(3)4)21-25-16-18-26(19-17-25)35(6,7)20-10-11-24-14-12-23(5)13-15-24/h12-19,22,27-28H,8-11,20-21H2,1-7H3/t27-,28+/m0/s1. The lowest BCUT2D eigenvalue weighted by molar-refractivity contribution is 0.276. The second-order valence-electron chi connectivity index (χ2n) is 10.6. The fourth-order valence-electron chi connectivity index (χ4n) is 4.63. The maximum Gasteiger partial charge on any atom is 0.210 e. The van der Waals surface area contributed by atoms with Crippen molar-refractivity contribution in [2.24, 2.45) is 15.9 Å². The van der Waals surface area contributed by atoms with E-state index in [-0.39, 0.29) is 12.1 Å². The van der Waals surface area contributed by atoms with Gasteiger partial charge in [0.05, 0.1) is 21.3 Å². The molecule has 3 rings (SSSR count). The zero-order valence-corrected chi connectivity index (χ0v) is 23.8. The number of aliphatic imine (C=N–C) groups is 2. The molecule has 0 radical (unpaired) electrons. The van der Waals surface area contributed by atoms with E-state index in [1.807, 2.05) is 13.8 Å². The first-order valence-corrected chi connectivity index (χ1v) is 16.5. The minimum absolute atomic E-state index is 0.0677. The summed E-state index contributed by atoms with van der Waals surface area (Å²) < 4.78 is 11.8. The molecule has 4 nitrogen and oxygen atoms in total. The molecule has 0 saturated heterocycles. The second kappa shape index (κ2) is 12.5. The van der Waals surface area contributed by atoms with Gasteiger partial charge in [-0.3, -0.25) is 0 Å². The van der Waals surface area contributed by atoms with Crippen molar-refractivity contribution < 1.29 is 9.47 Å². The molecule has 0 amide bonds. The van der Waals surface area contributed by atoms with Crippen molar-refractivity contribution in [3.8, 4) is 0 Å². The molecule has 2 aromatic carbocycles. The zero-order valence-electron chi connectivity index (χ0n) is 22.8. The van der Waals surface area contributed by atoms with Gasteiger partial charge in [-0.05, 0) is 44.2 Å². The first kappa shape index (κ1) is 27.2. The topological polar surface area (TPSA) is 43.2 Å². The Bertz CT molecular complexity index is 994. The molecule has 1 aliphatic heterocycles. The highest BCUT2D eigenvalue weighted by Gasteiger charge is 2.31. The molecule has 0 unspecified atom stereocenters. The summed E-state index contributed by atoms with van der Waals surface area (Å²) in [5.41, 5.74) is 4.04. The monoisotopic (exact) mass is 492 g/mol. The van der Waals surface area contributed by atoms with Crippen molar-refractivity contribution in [2.75, 3.05) is 13.2 Å². The number of rotatable bonds is 10. The minimum atomic E-state index is -1.49. The van der Waals surface area contributed by atoms with Gasteiger partial charge in [0.2, 0.25) is 11.8 Å². The Labute approximate surface area is 213 Å². The molecule has 0 aliphatic carbocycles. The largest absolute Gasteiger partial charge is 0.480 e. The Morgan fingerprint density at radius 1 is 0.829 bits per heavy atom. The van der Waals surface area contributed by atoms with Crippen molar-refractivity contribution >= 4 is 25.1 Å². The van der Waals surface area contributed by atoms with Gasteiger partial charge < -0.3 is 9.47 Å². The van der Waals surface area contributed by atoms with E-state index in [2.05, 4.69) is 82.4 Å². The van der Waals surface area contributed by atoms with Gasteiger partial charge in [-0.2, -0.15) is 0 Å². The molecular formula is C30H44N2O2Si. The van der Waals surface area contributed by atoms with Crippen LogP contribution in [0.4, 0.5) is 0 Å². The predicted octanol–water partition coefficient (Wildman–Crippen LogP) is 6.36. The minimum Gasteiger partial charge on any atom is -0.480 e. The number of nitrogens with zero attached hydrogens (tertiary/aromatic N) is 2. The molecule has 0 aromatic heterocycles. The maximum atomic E-state index is 5.93. The summed E-state index contributed by atoms with van der Waals surface area (Å²) in [5.74, 6) is 1.80. The highest BCUT2D eigenvalue weighted by molar-refractivity contribution is 6.89. The number of aryl methyl sites for hydroxylation is 2. The van der Waals surface area contributed by atoms with Crippen LogP contribution in [0.3, 0.4) is 0 Å². The lowest BCUT2D eigenvalue weighted by Gasteiger charge is -2.28. The Kier molecular flexibility index (Phi) is 9.73. The van der Waals surface area contributed by atoms with Gasteiger partial charge in [-0.25, -0.2) is 9.98 Å². The molecule has 0 fully saturated rings. The van der Waals surface area contributed by atoms with Gasteiger partial charge >= 0.3 is 0 Å². The average molecular weight is 493 g/mol. The smallest absolute Gasteiger partial charge is 0.210 e. The van der Waals surface area contributed by atoms with Crippen LogP contribution < -0.4 is 5.19 Å². The van der Waals surface area contributed by atoms with Crippen LogP contribution in [0.5, 0.6) is 0 Å². The molecule has 0 saturated carbocycles. The molecule has 35 heavy (non-hydrogen) atoms. The summed E-state index contributed by atoms with van der Waals surface area (Å²) in [7, 11) is -1.49. The lowest BCUT2D eigenvalue weighted by Crippen LogP contribution is -2.41. The average Bonchev–Trinajstić information content (AvgIpc) is 2.82. The molecule has 0 N–H and O–H groups in total. The van der Waals surface area contributed by atoms with Crippen molar-refractivity contribution in [3.63, 3.8) is 0 Å². The van der Waals surface area contributed by atoms with Gasteiger partial charge in [0.15, 0.2) is 0 Å².